The van der Waals surface area contributed by atoms with Crippen LogP contribution in [0.2, 0.25) is 0 Å². The van der Waals surface area contributed by atoms with E-state index in [2.05, 4.69) is 20.9 Å². The predicted molar refractivity (Wildman–Crippen MR) is 59.6 cm³/mol. The van der Waals surface area contributed by atoms with Crippen molar-refractivity contribution in [2.24, 2.45) is 0 Å². The van der Waals surface area contributed by atoms with Gasteiger partial charge in [0.05, 0.1) is 5.51 Å². The fourth-order valence-electron chi connectivity index (χ4n) is 1.14. The Bertz CT molecular complexity index is 470. The van der Waals surface area contributed by atoms with Gasteiger partial charge in [0.1, 0.15) is 16.5 Å². The van der Waals surface area contributed by atoms with Crippen molar-refractivity contribution in [2.75, 3.05) is 5.73 Å². The van der Waals surface area contributed by atoms with Gasteiger partial charge in [0.25, 0.3) is 0 Å². The molecule has 2 N–H and O–H groups in total. The predicted octanol–water partition coefficient (Wildman–Crippen LogP) is 3.29. The fourth-order valence-corrected chi connectivity index (χ4v) is 2.22. The van der Waals surface area contributed by atoms with Crippen LogP contribution in [0.5, 0.6) is 0 Å². The Morgan fingerprint density at radius 2 is 2.21 bits per heavy atom. The van der Waals surface area contributed by atoms with E-state index >= 15 is 0 Å². The molecule has 2 aromatic rings. The van der Waals surface area contributed by atoms with Crippen LogP contribution in [0, 0.1) is 5.82 Å². The van der Waals surface area contributed by atoms with Crippen molar-refractivity contribution in [1.29, 1.82) is 0 Å². The normalized spacial score (nSPS) is 10.4. The van der Waals surface area contributed by atoms with Crippen LogP contribution >= 0.6 is 27.3 Å². The summed E-state index contributed by atoms with van der Waals surface area (Å²) in [5.74, 6) is -0.283. The lowest BCUT2D eigenvalue weighted by Crippen LogP contribution is -1.87. The minimum Gasteiger partial charge on any atom is -0.389 e. The van der Waals surface area contributed by atoms with E-state index in [1.807, 2.05) is 0 Å². The third-order valence-corrected chi connectivity index (χ3v) is 3.10. The zero-order valence-electron chi connectivity index (χ0n) is 7.00. The molecule has 0 aliphatic carbocycles. The van der Waals surface area contributed by atoms with Crippen LogP contribution in [0.3, 0.4) is 0 Å². The zero-order chi connectivity index (χ0) is 10.1. The smallest absolute Gasteiger partial charge is 0.124 e. The second-order valence-electron chi connectivity index (χ2n) is 2.69. The van der Waals surface area contributed by atoms with E-state index in [1.165, 1.54) is 23.5 Å². The van der Waals surface area contributed by atoms with Gasteiger partial charge in [-0.25, -0.2) is 9.37 Å². The number of halogens is 2. The molecule has 0 radical (unpaired) electrons. The van der Waals surface area contributed by atoms with E-state index in [0.717, 1.165) is 5.56 Å². The monoisotopic (exact) mass is 272 g/mol. The minimum absolute atomic E-state index is 0.283. The van der Waals surface area contributed by atoms with Crippen molar-refractivity contribution in [2.45, 2.75) is 0 Å². The average Bonchev–Trinajstić information content (AvgIpc) is 2.52. The van der Waals surface area contributed by atoms with Gasteiger partial charge >= 0.3 is 0 Å². The number of hydrogen-bond acceptors (Lipinski definition) is 3. The van der Waals surface area contributed by atoms with Gasteiger partial charge in [-0.3, -0.25) is 0 Å². The SMILES string of the molecule is Nc1scnc1-c1ccc(F)cc1Br. The third kappa shape index (κ3) is 1.65. The summed E-state index contributed by atoms with van der Waals surface area (Å²) >= 11 is 4.64. The maximum Gasteiger partial charge on any atom is 0.124 e. The number of nitrogens with zero attached hydrogens (tertiary/aromatic N) is 1. The van der Waals surface area contributed by atoms with Crippen LogP contribution in [0.25, 0.3) is 11.3 Å². The van der Waals surface area contributed by atoms with Crippen LogP contribution in [0.15, 0.2) is 28.2 Å². The van der Waals surface area contributed by atoms with E-state index in [4.69, 9.17) is 5.73 Å². The molecule has 0 atom stereocenters. The van der Waals surface area contributed by atoms with Crippen LogP contribution < -0.4 is 5.73 Å². The summed E-state index contributed by atoms with van der Waals surface area (Å²) in [6, 6.07) is 4.44. The Kier molecular flexibility index (Phi) is 2.52. The van der Waals surface area contributed by atoms with Crippen LogP contribution in [-0.2, 0) is 0 Å². The van der Waals surface area contributed by atoms with Crippen molar-refractivity contribution in [3.05, 3.63) is 34.0 Å². The first-order valence-electron chi connectivity index (χ1n) is 3.83. The van der Waals surface area contributed by atoms with Gasteiger partial charge in [-0.15, -0.1) is 11.3 Å². The molecular formula is C9H6BrFN2S. The number of nitrogen functional groups attached to an aromatic ring is 1. The molecule has 0 amide bonds. The highest BCUT2D eigenvalue weighted by Gasteiger charge is 2.09. The molecule has 2 nitrogen and oxygen atoms in total. The largest absolute Gasteiger partial charge is 0.389 e. The van der Waals surface area contributed by atoms with Gasteiger partial charge in [0.2, 0.25) is 0 Å². The number of aromatic nitrogens is 1. The number of benzene rings is 1. The molecule has 0 fully saturated rings. The first-order chi connectivity index (χ1) is 6.68. The summed E-state index contributed by atoms with van der Waals surface area (Å²) in [4.78, 5) is 4.12. The van der Waals surface area contributed by atoms with Crippen LogP contribution in [0.1, 0.15) is 0 Å². The lowest BCUT2D eigenvalue weighted by Gasteiger charge is -2.01. The van der Waals surface area contributed by atoms with Crippen molar-refractivity contribution in [3.63, 3.8) is 0 Å². The highest BCUT2D eigenvalue weighted by molar-refractivity contribution is 9.10. The molecular weight excluding hydrogens is 267 g/mol. The number of rotatable bonds is 1. The Morgan fingerprint density at radius 3 is 2.79 bits per heavy atom. The summed E-state index contributed by atoms with van der Waals surface area (Å²) in [5, 5.41) is 0.636. The van der Waals surface area contributed by atoms with Gasteiger partial charge in [-0.05, 0) is 34.1 Å². The van der Waals surface area contributed by atoms with Crippen LogP contribution in [0.4, 0.5) is 9.39 Å². The number of anilines is 1. The molecule has 0 spiro atoms. The van der Waals surface area contributed by atoms with Gasteiger partial charge < -0.3 is 5.73 Å². The summed E-state index contributed by atoms with van der Waals surface area (Å²) in [6.07, 6.45) is 0. The molecule has 2 rings (SSSR count). The summed E-state index contributed by atoms with van der Waals surface area (Å²) in [6.45, 7) is 0. The molecule has 14 heavy (non-hydrogen) atoms. The molecule has 0 aliphatic rings. The van der Waals surface area contributed by atoms with Gasteiger partial charge in [-0.2, -0.15) is 0 Å². The Balaban J connectivity index is 2.58. The van der Waals surface area contributed by atoms with E-state index < -0.39 is 0 Å². The number of thiazole rings is 1. The van der Waals surface area contributed by atoms with Gasteiger partial charge in [-0.1, -0.05) is 0 Å². The lowest BCUT2D eigenvalue weighted by atomic mass is 10.1. The van der Waals surface area contributed by atoms with E-state index in [-0.39, 0.29) is 5.82 Å². The van der Waals surface area contributed by atoms with E-state index in [0.29, 0.717) is 15.2 Å². The highest BCUT2D eigenvalue weighted by atomic mass is 79.9. The van der Waals surface area contributed by atoms with E-state index in [9.17, 15) is 4.39 Å². The van der Waals surface area contributed by atoms with Gasteiger partial charge in [0.15, 0.2) is 0 Å². The second kappa shape index (κ2) is 3.67. The van der Waals surface area contributed by atoms with Crippen LogP contribution in [-0.4, -0.2) is 4.98 Å². The van der Waals surface area contributed by atoms with Crippen molar-refractivity contribution >= 4 is 32.3 Å². The summed E-state index contributed by atoms with van der Waals surface area (Å²) in [7, 11) is 0. The standard InChI is InChI=1S/C9H6BrFN2S/c10-7-3-5(11)1-2-6(7)8-9(12)14-4-13-8/h1-4H,12H2. The minimum atomic E-state index is -0.283. The Hall–Kier alpha value is -0.940. The summed E-state index contributed by atoms with van der Waals surface area (Å²) < 4.78 is 13.5. The molecule has 72 valence electrons. The molecule has 1 aromatic carbocycles. The molecule has 0 unspecified atom stereocenters. The first kappa shape index (κ1) is 9.61. The molecule has 1 aromatic heterocycles. The second-order valence-corrected chi connectivity index (χ2v) is 4.43. The maximum atomic E-state index is 12.8. The van der Waals surface area contributed by atoms with Gasteiger partial charge in [0, 0.05) is 10.0 Å². The lowest BCUT2D eigenvalue weighted by molar-refractivity contribution is 0.627. The topological polar surface area (TPSA) is 38.9 Å². The molecule has 1 heterocycles. The molecule has 0 aliphatic heterocycles. The quantitative estimate of drug-likeness (QED) is 0.865. The molecule has 5 heteroatoms. The summed E-state index contributed by atoms with van der Waals surface area (Å²) in [5.41, 5.74) is 8.89. The number of hydrogen-bond donors (Lipinski definition) is 1. The zero-order valence-corrected chi connectivity index (χ0v) is 9.40. The molecule has 0 saturated heterocycles. The van der Waals surface area contributed by atoms with E-state index in [1.54, 1.807) is 11.6 Å². The first-order valence-corrected chi connectivity index (χ1v) is 5.50. The Labute approximate surface area is 92.7 Å². The number of nitrogens with two attached hydrogens (primary N) is 1. The third-order valence-electron chi connectivity index (χ3n) is 1.78. The Morgan fingerprint density at radius 1 is 1.43 bits per heavy atom. The average molecular weight is 273 g/mol. The molecule has 0 saturated carbocycles. The highest BCUT2D eigenvalue weighted by Crippen LogP contribution is 2.33. The maximum absolute atomic E-state index is 12.8. The molecule has 0 bridgehead atoms. The fraction of sp³-hybridized carbons (Fsp3) is 0. The van der Waals surface area contributed by atoms with Crippen molar-refractivity contribution in [3.8, 4) is 11.3 Å². The van der Waals surface area contributed by atoms with Crippen molar-refractivity contribution in [1.82, 2.24) is 4.98 Å². The van der Waals surface area contributed by atoms with Crippen molar-refractivity contribution < 1.29 is 4.39 Å².